The molecule has 0 fully saturated rings. The Morgan fingerprint density at radius 3 is 2.59 bits per heavy atom. The van der Waals surface area contributed by atoms with Crippen LogP contribution in [0.15, 0.2) is 64.1 Å². The molecule has 0 bridgehead atoms. The third-order valence-corrected chi connectivity index (χ3v) is 6.07. The van der Waals surface area contributed by atoms with Crippen molar-refractivity contribution >= 4 is 48.5 Å². The molecule has 8 heteroatoms. The molecule has 6 nitrogen and oxygen atoms in total. The first-order chi connectivity index (χ1) is 12.8. The Morgan fingerprint density at radius 1 is 1.15 bits per heavy atom. The normalized spacial score (nSPS) is 11.4. The molecule has 0 radical (unpaired) electrons. The number of carbonyl (C=O) groups excluding carboxylic acids is 1. The summed E-state index contributed by atoms with van der Waals surface area (Å²) in [7, 11) is -3.72. The number of amides is 1. The lowest BCUT2D eigenvalue weighted by Gasteiger charge is -2.10. The average Bonchev–Trinajstić information content (AvgIpc) is 2.62. The van der Waals surface area contributed by atoms with Crippen LogP contribution in [-0.4, -0.2) is 19.3 Å². The summed E-state index contributed by atoms with van der Waals surface area (Å²) in [6, 6.07) is 13.9. The lowest BCUT2D eigenvalue weighted by atomic mass is 10.1. The van der Waals surface area contributed by atoms with Crippen molar-refractivity contribution in [3.8, 4) is 0 Å². The molecular formula is C19H18BrN3O3S. The molecule has 0 spiro atoms. The van der Waals surface area contributed by atoms with Crippen molar-refractivity contribution in [1.29, 1.82) is 0 Å². The summed E-state index contributed by atoms with van der Waals surface area (Å²) < 4.78 is 28.6. The number of aromatic nitrogens is 1. The van der Waals surface area contributed by atoms with E-state index in [0.29, 0.717) is 24.9 Å². The molecule has 140 valence electrons. The van der Waals surface area contributed by atoms with E-state index in [9.17, 15) is 13.2 Å². The number of rotatable bonds is 7. The van der Waals surface area contributed by atoms with E-state index in [-0.39, 0.29) is 10.8 Å². The maximum Gasteiger partial charge on any atom is 0.261 e. The first-order valence-corrected chi connectivity index (χ1v) is 10.6. The molecule has 0 aliphatic rings. The van der Waals surface area contributed by atoms with Gasteiger partial charge >= 0.3 is 0 Å². The lowest BCUT2D eigenvalue weighted by Crippen LogP contribution is -2.13. The zero-order valence-corrected chi connectivity index (χ0v) is 16.8. The van der Waals surface area contributed by atoms with Crippen molar-refractivity contribution in [2.75, 3.05) is 4.72 Å². The molecule has 0 atom stereocenters. The zero-order valence-electron chi connectivity index (χ0n) is 14.4. The number of nitrogens with zero attached hydrogens (tertiary/aromatic N) is 1. The highest BCUT2D eigenvalue weighted by molar-refractivity contribution is 9.10. The van der Waals surface area contributed by atoms with Crippen LogP contribution in [0, 0.1) is 0 Å². The second-order valence-electron chi connectivity index (χ2n) is 6.10. The van der Waals surface area contributed by atoms with E-state index < -0.39 is 10.0 Å². The van der Waals surface area contributed by atoms with Gasteiger partial charge < -0.3 is 5.73 Å². The highest BCUT2D eigenvalue weighted by atomic mass is 79.9. The minimum absolute atomic E-state index is 0.162. The number of nitrogens with two attached hydrogens (primary N) is 1. The van der Waals surface area contributed by atoms with Gasteiger partial charge in [0.15, 0.2) is 0 Å². The third kappa shape index (κ3) is 4.84. The van der Waals surface area contributed by atoms with E-state index in [1.165, 1.54) is 6.20 Å². The summed E-state index contributed by atoms with van der Waals surface area (Å²) in [5.74, 6) is -0.338. The van der Waals surface area contributed by atoms with Gasteiger partial charge in [0.1, 0.15) is 0 Å². The van der Waals surface area contributed by atoms with Gasteiger partial charge in [-0.25, -0.2) is 8.42 Å². The smallest absolute Gasteiger partial charge is 0.261 e. The third-order valence-electron chi connectivity index (χ3n) is 4.04. The lowest BCUT2D eigenvalue weighted by molar-refractivity contribution is -0.118. The van der Waals surface area contributed by atoms with Crippen molar-refractivity contribution in [2.45, 2.75) is 24.2 Å². The highest BCUT2D eigenvalue weighted by Crippen LogP contribution is 2.25. The molecular weight excluding hydrogens is 430 g/mol. The number of fused-ring (bicyclic) bond motifs is 1. The number of anilines is 1. The second-order valence-corrected chi connectivity index (χ2v) is 8.64. The predicted octanol–water partition coefficient (Wildman–Crippen LogP) is 3.61. The van der Waals surface area contributed by atoms with E-state index >= 15 is 0 Å². The maximum absolute atomic E-state index is 12.6. The van der Waals surface area contributed by atoms with Gasteiger partial charge in [-0.2, -0.15) is 0 Å². The average molecular weight is 448 g/mol. The van der Waals surface area contributed by atoms with Gasteiger partial charge in [0, 0.05) is 16.3 Å². The largest absolute Gasteiger partial charge is 0.370 e. The summed E-state index contributed by atoms with van der Waals surface area (Å²) in [6.45, 7) is 0. The van der Waals surface area contributed by atoms with E-state index in [2.05, 4.69) is 25.6 Å². The second kappa shape index (κ2) is 8.06. The van der Waals surface area contributed by atoms with Crippen LogP contribution in [0.25, 0.3) is 10.9 Å². The van der Waals surface area contributed by atoms with Gasteiger partial charge in [-0.15, -0.1) is 0 Å². The number of benzene rings is 2. The monoisotopic (exact) mass is 447 g/mol. The van der Waals surface area contributed by atoms with Crippen LogP contribution in [-0.2, 0) is 21.2 Å². The molecule has 0 saturated carbocycles. The number of sulfonamides is 1. The Hall–Kier alpha value is -2.45. The van der Waals surface area contributed by atoms with Crippen LogP contribution < -0.4 is 10.5 Å². The van der Waals surface area contributed by atoms with Crippen molar-refractivity contribution in [3.05, 3.63) is 64.8 Å². The summed E-state index contributed by atoms with van der Waals surface area (Å²) in [5.41, 5.74) is 7.23. The number of para-hydroxylation sites is 1. The van der Waals surface area contributed by atoms with Crippen molar-refractivity contribution in [1.82, 2.24) is 4.98 Å². The molecule has 3 N–H and O–H groups in total. The molecule has 0 aliphatic heterocycles. The quantitative estimate of drug-likeness (QED) is 0.577. The van der Waals surface area contributed by atoms with E-state index in [4.69, 9.17) is 5.73 Å². The first kappa shape index (κ1) is 19.3. The van der Waals surface area contributed by atoms with Crippen LogP contribution >= 0.6 is 15.9 Å². The molecule has 1 amide bonds. The summed E-state index contributed by atoms with van der Waals surface area (Å²) >= 11 is 3.43. The van der Waals surface area contributed by atoms with Gasteiger partial charge in [-0.05, 0) is 58.6 Å². The summed E-state index contributed by atoms with van der Waals surface area (Å²) in [4.78, 5) is 15.2. The fraction of sp³-hybridized carbons (Fsp3) is 0.158. The molecule has 1 heterocycles. The number of hydrogen-bond donors (Lipinski definition) is 2. The molecule has 1 aromatic heterocycles. The van der Waals surface area contributed by atoms with Crippen LogP contribution in [0.3, 0.4) is 0 Å². The maximum atomic E-state index is 12.6. The fourth-order valence-electron chi connectivity index (χ4n) is 2.70. The van der Waals surface area contributed by atoms with Gasteiger partial charge in [0.25, 0.3) is 10.0 Å². The standard InChI is InChI=1S/C19H18BrN3O3S/c20-17-5-2-4-14-11-15(12-22-19(14)17)23-27(25,26)16-9-7-13(8-10-16)3-1-6-18(21)24/h2,4-5,7-12,23H,1,3,6H2,(H2,21,24). The highest BCUT2D eigenvalue weighted by Gasteiger charge is 2.15. The minimum atomic E-state index is -3.72. The van der Waals surface area contributed by atoms with Gasteiger partial charge in [-0.3, -0.25) is 14.5 Å². The molecule has 0 aliphatic carbocycles. The number of carbonyl (C=O) groups is 1. The zero-order chi connectivity index (χ0) is 19.4. The number of nitrogens with one attached hydrogen (secondary N) is 1. The van der Waals surface area contributed by atoms with Crippen LogP contribution in [0.1, 0.15) is 18.4 Å². The van der Waals surface area contributed by atoms with Crippen molar-refractivity contribution < 1.29 is 13.2 Å². The number of hydrogen-bond acceptors (Lipinski definition) is 4. The Balaban J connectivity index is 1.75. The predicted molar refractivity (Wildman–Crippen MR) is 109 cm³/mol. The molecule has 0 unspecified atom stereocenters. The molecule has 27 heavy (non-hydrogen) atoms. The number of primary amides is 1. The van der Waals surface area contributed by atoms with Gasteiger partial charge in [-0.1, -0.05) is 24.3 Å². The van der Waals surface area contributed by atoms with E-state index in [0.717, 1.165) is 20.9 Å². The Bertz CT molecular complexity index is 1080. The molecule has 0 saturated heterocycles. The van der Waals surface area contributed by atoms with Crippen molar-refractivity contribution in [3.63, 3.8) is 0 Å². The van der Waals surface area contributed by atoms with Crippen LogP contribution in [0.5, 0.6) is 0 Å². The topological polar surface area (TPSA) is 102 Å². The summed E-state index contributed by atoms with van der Waals surface area (Å²) in [5, 5.41) is 0.828. The first-order valence-electron chi connectivity index (χ1n) is 8.29. The van der Waals surface area contributed by atoms with Gasteiger partial charge in [0.2, 0.25) is 5.91 Å². The molecule has 3 rings (SSSR count). The number of pyridine rings is 1. The van der Waals surface area contributed by atoms with Gasteiger partial charge in [0.05, 0.1) is 22.3 Å². The van der Waals surface area contributed by atoms with Crippen LogP contribution in [0.4, 0.5) is 5.69 Å². The minimum Gasteiger partial charge on any atom is -0.370 e. The molecule has 2 aromatic carbocycles. The molecule has 3 aromatic rings. The van der Waals surface area contributed by atoms with Crippen LogP contribution in [0.2, 0.25) is 0 Å². The van der Waals surface area contributed by atoms with E-state index in [1.54, 1.807) is 30.3 Å². The number of aryl methyl sites for hydroxylation is 1. The summed E-state index contributed by atoms with van der Waals surface area (Å²) in [6.07, 6.45) is 3.10. The van der Waals surface area contributed by atoms with E-state index in [1.807, 2.05) is 18.2 Å². The Kier molecular flexibility index (Phi) is 5.76. The van der Waals surface area contributed by atoms with Crippen molar-refractivity contribution in [2.24, 2.45) is 5.73 Å². The Labute approximate surface area is 166 Å². The fourth-order valence-corrected chi connectivity index (χ4v) is 4.21. The Morgan fingerprint density at radius 2 is 1.89 bits per heavy atom. The SMILES string of the molecule is NC(=O)CCCc1ccc(S(=O)(=O)Nc2cnc3c(Br)cccc3c2)cc1. The number of halogens is 1.